The molecule has 218 valence electrons. The number of H-pyrrole nitrogens is 2. The molecule has 0 saturated carbocycles. The monoisotopic (exact) mass is 564 g/mol. The van der Waals surface area contributed by atoms with Gasteiger partial charge in [0.05, 0.1) is 29.7 Å². The summed E-state index contributed by atoms with van der Waals surface area (Å²) in [5.41, 5.74) is 15.2. The van der Waals surface area contributed by atoms with Gasteiger partial charge in [-0.1, -0.05) is 27.7 Å². The summed E-state index contributed by atoms with van der Waals surface area (Å²) in [6, 6.07) is 6.45. The average Bonchev–Trinajstić information content (AvgIpc) is 3.70. The van der Waals surface area contributed by atoms with E-state index in [1.807, 2.05) is 6.92 Å². The minimum Gasteiger partial charge on any atom is -0.469 e. The number of Topliss-reactive ketones (excluding diaryl/α,β-unsaturated/α-hetero) is 1. The van der Waals surface area contributed by atoms with E-state index in [-0.39, 0.29) is 23.6 Å². The molecule has 3 aliphatic rings. The van der Waals surface area contributed by atoms with Crippen molar-refractivity contribution in [2.75, 3.05) is 7.11 Å². The molecule has 3 aromatic rings. The number of aromatic amines is 2. The average molecular weight is 565 g/mol. The first kappa shape index (κ1) is 28.1. The van der Waals surface area contributed by atoms with E-state index >= 15 is 0 Å². The van der Waals surface area contributed by atoms with Crippen molar-refractivity contribution in [1.29, 1.82) is 0 Å². The van der Waals surface area contributed by atoms with E-state index in [2.05, 4.69) is 69.7 Å². The Morgan fingerprint density at radius 1 is 1.02 bits per heavy atom. The van der Waals surface area contributed by atoms with Crippen LogP contribution in [0.5, 0.6) is 0 Å². The molecule has 0 radical (unpaired) electrons. The van der Waals surface area contributed by atoms with E-state index in [1.165, 1.54) is 29.4 Å². The highest BCUT2D eigenvalue weighted by Crippen LogP contribution is 2.44. The highest BCUT2D eigenvalue weighted by Gasteiger charge is 2.36. The number of aryl methyl sites for hydroxylation is 2. The van der Waals surface area contributed by atoms with Gasteiger partial charge in [-0.25, -0.2) is 4.98 Å². The first-order chi connectivity index (χ1) is 20.0. The molecule has 3 aromatic heterocycles. The number of allylic oxidation sites excluding steroid dienone is 2. The van der Waals surface area contributed by atoms with Crippen LogP contribution in [0.25, 0.3) is 33.2 Å². The van der Waals surface area contributed by atoms with Crippen LogP contribution in [-0.2, 0) is 16.0 Å². The highest BCUT2D eigenvalue weighted by atomic mass is 16.5. The first-order valence-electron chi connectivity index (χ1n) is 15.1. The second-order valence-corrected chi connectivity index (χ2v) is 12.3. The van der Waals surface area contributed by atoms with Crippen LogP contribution < -0.4 is 0 Å². The Balaban J connectivity index is 1.75. The SMILES string of the molecule is CCC1=C(C)c2cc3[nH]c(cc4nc(c5c6[nH]c(cc1n2)c(C)c6C(=O)C5)[C@@H](CCC(=O)OC)[C@@H]4C)c(C)c3C(C)C. The molecule has 0 aromatic carbocycles. The Bertz CT molecular complexity index is 1850. The standard InChI is InChI=1S/C35H40N4O3/c1-9-21-17(4)24-15-29-32(16(2)3)19(6)26(37-29)13-25-18(5)22(10-11-31(41)42-8)34(38-25)23-12-30(40)33-20(7)27(39-35(23)33)14-28(21)36-24/h13-16,18,22,37,39H,9-12H2,1-8H3/t18-,22-/m0/s1. The summed E-state index contributed by atoms with van der Waals surface area (Å²) >= 11 is 0. The van der Waals surface area contributed by atoms with Crippen LogP contribution in [0.1, 0.15) is 127 Å². The van der Waals surface area contributed by atoms with Crippen molar-refractivity contribution < 1.29 is 14.3 Å². The molecule has 2 N–H and O–H groups in total. The maximum absolute atomic E-state index is 13.5. The molecular formula is C35H40N4O3. The Kier molecular flexibility index (Phi) is 6.95. The number of rotatable bonds is 5. The van der Waals surface area contributed by atoms with Crippen LogP contribution in [0.2, 0.25) is 0 Å². The van der Waals surface area contributed by atoms with Crippen molar-refractivity contribution in [3.63, 3.8) is 0 Å². The lowest BCUT2D eigenvalue weighted by Crippen LogP contribution is -2.09. The van der Waals surface area contributed by atoms with Gasteiger partial charge in [-0.2, -0.15) is 0 Å². The van der Waals surface area contributed by atoms with Crippen LogP contribution >= 0.6 is 0 Å². The Hall–Kier alpha value is -4.00. The lowest BCUT2D eigenvalue weighted by atomic mass is 9.85. The number of hydrogen-bond acceptors (Lipinski definition) is 5. The summed E-state index contributed by atoms with van der Waals surface area (Å²) in [5.74, 6) is 0.259. The Morgan fingerprint density at radius 2 is 1.74 bits per heavy atom. The molecule has 0 spiro atoms. The molecule has 6 rings (SSSR count). The summed E-state index contributed by atoms with van der Waals surface area (Å²) in [7, 11) is 1.43. The minimum absolute atomic E-state index is 0.00471. The van der Waals surface area contributed by atoms with Gasteiger partial charge in [0.2, 0.25) is 0 Å². The van der Waals surface area contributed by atoms with Crippen molar-refractivity contribution in [1.82, 2.24) is 19.9 Å². The topological polar surface area (TPSA) is 101 Å². The van der Waals surface area contributed by atoms with Gasteiger partial charge in [-0.3, -0.25) is 14.6 Å². The van der Waals surface area contributed by atoms with Crippen molar-refractivity contribution >= 4 is 45.0 Å². The predicted octanol–water partition coefficient (Wildman–Crippen LogP) is 7.98. The van der Waals surface area contributed by atoms with Gasteiger partial charge >= 0.3 is 5.97 Å². The molecule has 0 fully saturated rings. The van der Waals surface area contributed by atoms with Gasteiger partial charge in [-0.15, -0.1) is 0 Å². The number of carbonyl (C=O) groups excluding carboxylic acids is 2. The molecule has 0 unspecified atom stereocenters. The zero-order valence-electron chi connectivity index (χ0n) is 25.9. The summed E-state index contributed by atoms with van der Waals surface area (Å²) in [6.45, 7) is 15.1. The van der Waals surface area contributed by atoms with E-state index in [0.717, 1.165) is 68.0 Å². The number of methoxy groups -OCH3 is 1. The van der Waals surface area contributed by atoms with Crippen LogP contribution in [0.15, 0.2) is 18.2 Å². The third kappa shape index (κ3) is 4.32. The zero-order valence-corrected chi connectivity index (χ0v) is 25.9. The Labute approximate surface area is 246 Å². The third-order valence-electron chi connectivity index (χ3n) is 9.61. The third-order valence-corrected chi connectivity index (χ3v) is 9.61. The number of nitrogens with one attached hydrogen (secondary N) is 2. The number of ketones is 1. The smallest absolute Gasteiger partial charge is 0.305 e. The fourth-order valence-electron chi connectivity index (χ4n) is 7.28. The Morgan fingerprint density at radius 3 is 2.43 bits per heavy atom. The lowest BCUT2D eigenvalue weighted by molar-refractivity contribution is -0.140. The minimum atomic E-state index is -0.233. The molecule has 0 saturated heterocycles. The number of carbonyl (C=O) groups is 2. The van der Waals surface area contributed by atoms with Crippen molar-refractivity contribution in [3.8, 4) is 0 Å². The summed E-state index contributed by atoms with van der Waals surface area (Å²) in [4.78, 5) is 43.3. The zero-order chi connectivity index (χ0) is 30.0. The van der Waals surface area contributed by atoms with E-state index in [4.69, 9.17) is 14.7 Å². The molecule has 2 aliphatic heterocycles. The quantitative estimate of drug-likeness (QED) is 0.306. The fraction of sp³-hybridized carbons (Fsp3) is 0.429. The maximum Gasteiger partial charge on any atom is 0.305 e. The van der Waals surface area contributed by atoms with Crippen LogP contribution in [0.4, 0.5) is 0 Å². The summed E-state index contributed by atoms with van der Waals surface area (Å²) < 4.78 is 4.98. The second kappa shape index (κ2) is 10.4. The predicted molar refractivity (Wildman–Crippen MR) is 168 cm³/mol. The molecule has 7 heteroatoms. The summed E-state index contributed by atoms with van der Waals surface area (Å²) in [6.07, 6.45) is 2.08. The van der Waals surface area contributed by atoms with Crippen LogP contribution in [0.3, 0.4) is 0 Å². The molecule has 0 amide bonds. The number of fused-ring (bicyclic) bond motifs is 8. The maximum atomic E-state index is 13.5. The van der Waals surface area contributed by atoms with E-state index < -0.39 is 0 Å². The van der Waals surface area contributed by atoms with Crippen molar-refractivity contribution in [2.24, 2.45) is 0 Å². The molecule has 1 aliphatic carbocycles. The second-order valence-electron chi connectivity index (χ2n) is 12.3. The normalized spacial score (nSPS) is 18.0. The van der Waals surface area contributed by atoms with E-state index in [1.54, 1.807) is 0 Å². The van der Waals surface area contributed by atoms with Gasteiger partial charge in [0.15, 0.2) is 5.78 Å². The van der Waals surface area contributed by atoms with Crippen LogP contribution in [0, 0.1) is 13.8 Å². The molecular weight excluding hydrogens is 524 g/mol. The van der Waals surface area contributed by atoms with E-state index in [0.29, 0.717) is 25.2 Å². The number of ether oxygens (including phenoxy) is 1. The van der Waals surface area contributed by atoms with E-state index in [9.17, 15) is 9.59 Å². The van der Waals surface area contributed by atoms with Gasteiger partial charge in [-0.05, 0) is 85.6 Å². The summed E-state index contributed by atoms with van der Waals surface area (Å²) in [5, 5.41) is 0. The molecule has 5 heterocycles. The molecule has 8 bridgehead atoms. The number of nitrogens with zero attached hydrogens (tertiary/aromatic N) is 2. The number of hydrogen-bond donors (Lipinski definition) is 2. The highest BCUT2D eigenvalue weighted by molar-refractivity contribution is 6.13. The molecule has 7 nitrogen and oxygen atoms in total. The number of esters is 1. The lowest BCUT2D eigenvalue weighted by Gasteiger charge is -2.16. The van der Waals surface area contributed by atoms with Gasteiger partial charge in [0, 0.05) is 58.0 Å². The van der Waals surface area contributed by atoms with Crippen molar-refractivity contribution in [3.05, 3.63) is 68.8 Å². The first-order valence-corrected chi connectivity index (χ1v) is 15.1. The molecule has 42 heavy (non-hydrogen) atoms. The fourth-order valence-corrected chi connectivity index (χ4v) is 7.28. The van der Waals surface area contributed by atoms with Gasteiger partial charge in [0.25, 0.3) is 0 Å². The number of aromatic nitrogens is 4. The van der Waals surface area contributed by atoms with Gasteiger partial charge < -0.3 is 14.7 Å². The largest absolute Gasteiger partial charge is 0.469 e. The molecule has 2 atom stereocenters. The van der Waals surface area contributed by atoms with Gasteiger partial charge in [0.1, 0.15) is 0 Å². The van der Waals surface area contributed by atoms with Crippen molar-refractivity contribution in [2.45, 2.75) is 91.9 Å². The van der Waals surface area contributed by atoms with Crippen LogP contribution in [-0.4, -0.2) is 38.8 Å².